The van der Waals surface area contributed by atoms with Crippen LogP contribution in [0, 0.1) is 5.82 Å². The Morgan fingerprint density at radius 2 is 1.85 bits per heavy atom. The van der Waals surface area contributed by atoms with Gasteiger partial charge in [-0.1, -0.05) is 32.0 Å². The Bertz CT molecular complexity index is 1210. The number of nitrogens with one attached hydrogen (secondary N) is 1. The lowest BCUT2D eigenvalue weighted by atomic mass is 9.74. The lowest BCUT2D eigenvalue weighted by Crippen LogP contribution is -2.53. The van der Waals surface area contributed by atoms with E-state index in [0.717, 1.165) is 12.1 Å². The number of alkyl halides is 3. The highest BCUT2D eigenvalue weighted by molar-refractivity contribution is 5.96. The number of ether oxygens (including phenoxy) is 1. The van der Waals surface area contributed by atoms with E-state index in [0.29, 0.717) is 5.39 Å². The van der Waals surface area contributed by atoms with Gasteiger partial charge in [0.25, 0.3) is 5.91 Å². The number of aromatic nitrogens is 1. The number of nitrogens with zero attached hydrogens (tertiary/aromatic N) is 1. The van der Waals surface area contributed by atoms with Gasteiger partial charge in [0.2, 0.25) is 0 Å². The molecule has 0 saturated carbocycles. The first kappa shape index (κ1) is 25.2. The second-order valence-electron chi connectivity index (χ2n) is 8.73. The minimum Gasteiger partial charge on any atom is -0.496 e. The zero-order valence-electron chi connectivity index (χ0n) is 18.8. The summed E-state index contributed by atoms with van der Waals surface area (Å²) in [7, 11) is 1.33. The van der Waals surface area contributed by atoms with Crippen molar-refractivity contribution in [1.82, 2.24) is 4.98 Å². The molecule has 0 aliphatic rings. The molecule has 2 aromatic carbocycles. The predicted molar refractivity (Wildman–Crippen MR) is 120 cm³/mol. The largest absolute Gasteiger partial charge is 0.496 e. The maximum Gasteiger partial charge on any atom is 0.418 e. The molecule has 3 rings (SSSR count). The molecule has 0 aliphatic carbocycles. The summed E-state index contributed by atoms with van der Waals surface area (Å²) in [6.07, 6.45) is -5.81. The van der Waals surface area contributed by atoms with Crippen molar-refractivity contribution >= 4 is 22.5 Å². The quantitative estimate of drug-likeness (QED) is 0.412. The first-order valence-corrected chi connectivity index (χ1v) is 10.3. The standard InChI is InChI=1S/C24H25F4N3O3/c1-22(2,16-11-15(25)8-10-19(16)34-3)12-23(33,24(26,27)28)13-30-17-6-4-5-14-7-9-18(21(29)32)31-20(14)17/h4-11,30,33H,12-13H2,1-3H3,(H2,29,32). The van der Waals surface area contributed by atoms with Crippen LogP contribution in [-0.2, 0) is 5.41 Å². The Labute approximate surface area is 193 Å². The molecule has 0 spiro atoms. The van der Waals surface area contributed by atoms with Crippen LogP contribution in [0.4, 0.5) is 23.2 Å². The fraction of sp³-hybridized carbons (Fsp3) is 0.333. The molecular weight excluding hydrogens is 454 g/mol. The normalized spacial score (nSPS) is 14.0. The van der Waals surface area contributed by atoms with Crippen LogP contribution in [0.3, 0.4) is 0 Å². The summed E-state index contributed by atoms with van der Waals surface area (Å²) in [5, 5.41) is 14.0. The van der Waals surface area contributed by atoms with Crippen LogP contribution in [-0.4, -0.2) is 41.4 Å². The molecule has 1 amide bonds. The number of carbonyl (C=O) groups is 1. The van der Waals surface area contributed by atoms with E-state index in [2.05, 4.69) is 10.3 Å². The van der Waals surface area contributed by atoms with Crippen LogP contribution in [0.15, 0.2) is 48.5 Å². The summed E-state index contributed by atoms with van der Waals surface area (Å²) in [6, 6.07) is 11.3. The van der Waals surface area contributed by atoms with Gasteiger partial charge < -0.3 is 20.9 Å². The van der Waals surface area contributed by atoms with E-state index < -0.39 is 41.9 Å². The molecule has 34 heavy (non-hydrogen) atoms. The van der Waals surface area contributed by atoms with Crippen molar-refractivity contribution in [2.24, 2.45) is 5.73 Å². The summed E-state index contributed by atoms with van der Waals surface area (Å²) < 4.78 is 61.5. The fourth-order valence-electron chi connectivity index (χ4n) is 3.97. The third kappa shape index (κ3) is 5.06. The summed E-state index contributed by atoms with van der Waals surface area (Å²) in [6.45, 7) is 2.03. The number of aliphatic hydroxyl groups is 1. The number of amides is 1. The van der Waals surface area contributed by atoms with Crippen molar-refractivity contribution in [2.45, 2.75) is 37.5 Å². The van der Waals surface area contributed by atoms with Gasteiger partial charge >= 0.3 is 6.18 Å². The molecule has 0 fully saturated rings. The van der Waals surface area contributed by atoms with Crippen LogP contribution in [0.5, 0.6) is 5.75 Å². The lowest BCUT2D eigenvalue weighted by molar-refractivity contribution is -0.260. The summed E-state index contributed by atoms with van der Waals surface area (Å²) in [4.78, 5) is 15.6. The molecule has 6 nitrogen and oxygen atoms in total. The van der Waals surface area contributed by atoms with Crippen LogP contribution in [0.2, 0.25) is 0 Å². The number of para-hydroxylation sites is 1. The van der Waals surface area contributed by atoms with E-state index >= 15 is 0 Å². The number of rotatable bonds is 8. The highest BCUT2D eigenvalue weighted by Crippen LogP contribution is 2.44. The summed E-state index contributed by atoms with van der Waals surface area (Å²) in [5.74, 6) is -1.21. The number of primary amides is 1. The number of halogens is 4. The zero-order valence-corrected chi connectivity index (χ0v) is 18.8. The Kier molecular flexibility index (Phi) is 6.75. The maximum absolute atomic E-state index is 14.1. The number of carbonyl (C=O) groups excluding carboxylic acids is 1. The lowest BCUT2D eigenvalue weighted by Gasteiger charge is -2.38. The topological polar surface area (TPSA) is 97.5 Å². The second kappa shape index (κ2) is 9.09. The summed E-state index contributed by atoms with van der Waals surface area (Å²) in [5.41, 5.74) is 1.30. The van der Waals surface area contributed by atoms with E-state index in [9.17, 15) is 27.5 Å². The molecule has 182 valence electrons. The van der Waals surface area contributed by atoms with Gasteiger partial charge in [0.15, 0.2) is 5.60 Å². The number of fused-ring (bicyclic) bond motifs is 1. The highest BCUT2D eigenvalue weighted by atomic mass is 19.4. The van der Waals surface area contributed by atoms with Gasteiger partial charge in [-0.3, -0.25) is 4.79 Å². The van der Waals surface area contributed by atoms with Crippen molar-refractivity contribution in [3.63, 3.8) is 0 Å². The van der Waals surface area contributed by atoms with Gasteiger partial charge in [-0.25, -0.2) is 9.37 Å². The first-order valence-electron chi connectivity index (χ1n) is 10.3. The average molecular weight is 479 g/mol. The van der Waals surface area contributed by atoms with Gasteiger partial charge in [0.1, 0.15) is 17.3 Å². The molecule has 1 unspecified atom stereocenters. The van der Waals surface area contributed by atoms with Crippen molar-refractivity contribution in [3.05, 3.63) is 65.6 Å². The van der Waals surface area contributed by atoms with Gasteiger partial charge in [-0.2, -0.15) is 13.2 Å². The van der Waals surface area contributed by atoms with Gasteiger partial charge in [0, 0.05) is 10.9 Å². The van der Waals surface area contributed by atoms with E-state index in [1.165, 1.54) is 39.2 Å². The molecule has 0 saturated heterocycles. The van der Waals surface area contributed by atoms with Crippen molar-refractivity contribution < 1.29 is 32.2 Å². The minimum absolute atomic E-state index is 0.0489. The number of methoxy groups -OCH3 is 1. The van der Waals surface area contributed by atoms with Gasteiger partial charge in [-0.15, -0.1) is 0 Å². The molecule has 3 aromatic rings. The number of anilines is 1. The Morgan fingerprint density at radius 3 is 2.47 bits per heavy atom. The Hall–Kier alpha value is -3.40. The smallest absolute Gasteiger partial charge is 0.418 e. The maximum atomic E-state index is 14.1. The Balaban J connectivity index is 1.96. The zero-order chi connectivity index (χ0) is 25.3. The predicted octanol–water partition coefficient (Wildman–Crippen LogP) is 4.55. The number of nitrogens with two attached hydrogens (primary N) is 1. The molecule has 0 bridgehead atoms. The summed E-state index contributed by atoms with van der Waals surface area (Å²) >= 11 is 0. The molecule has 1 atom stereocenters. The molecule has 10 heteroatoms. The number of pyridine rings is 1. The number of benzene rings is 2. The third-order valence-electron chi connectivity index (χ3n) is 5.70. The SMILES string of the molecule is COc1ccc(F)cc1C(C)(C)CC(O)(CNc1cccc2ccc(C(N)=O)nc12)C(F)(F)F. The fourth-order valence-corrected chi connectivity index (χ4v) is 3.97. The molecule has 0 radical (unpaired) electrons. The molecular formula is C24H25F4N3O3. The van der Waals surface area contributed by atoms with Crippen LogP contribution in [0.25, 0.3) is 10.9 Å². The third-order valence-corrected chi connectivity index (χ3v) is 5.70. The monoisotopic (exact) mass is 479 g/mol. The molecule has 4 N–H and O–H groups in total. The van der Waals surface area contributed by atoms with Crippen LogP contribution in [0.1, 0.15) is 36.3 Å². The second-order valence-corrected chi connectivity index (χ2v) is 8.73. The van der Waals surface area contributed by atoms with Gasteiger partial charge in [0.05, 0.1) is 24.9 Å². The Morgan fingerprint density at radius 1 is 1.15 bits per heavy atom. The van der Waals surface area contributed by atoms with E-state index in [-0.39, 0.29) is 28.2 Å². The van der Waals surface area contributed by atoms with E-state index in [1.807, 2.05) is 0 Å². The van der Waals surface area contributed by atoms with Crippen LogP contribution < -0.4 is 15.8 Å². The molecule has 1 aromatic heterocycles. The van der Waals surface area contributed by atoms with E-state index in [1.54, 1.807) is 18.2 Å². The average Bonchev–Trinajstić information content (AvgIpc) is 2.76. The van der Waals surface area contributed by atoms with Gasteiger partial charge in [-0.05, 0) is 42.2 Å². The minimum atomic E-state index is -5.02. The van der Waals surface area contributed by atoms with Crippen molar-refractivity contribution in [2.75, 3.05) is 19.0 Å². The van der Waals surface area contributed by atoms with Crippen molar-refractivity contribution in [3.8, 4) is 5.75 Å². The van der Waals surface area contributed by atoms with E-state index in [4.69, 9.17) is 10.5 Å². The first-order chi connectivity index (χ1) is 15.8. The highest BCUT2D eigenvalue weighted by Gasteiger charge is 2.56. The number of hydrogen-bond donors (Lipinski definition) is 3. The molecule has 0 aliphatic heterocycles. The van der Waals surface area contributed by atoms with Crippen LogP contribution >= 0.6 is 0 Å². The van der Waals surface area contributed by atoms with Crippen molar-refractivity contribution in [1.29, 1.82) is 0 Å². The molecule has 1 heterocycles. The number of hydrogen-bond acceptors (Lipinski definition) is 5.